The molecule has 0 radical (unpaired) electrons. The Morgan fingerprint density at radius 2 is 2.07 bits per heavy atom. The summed E-state index contributed by atoms with van der Waals surface area (Å²) in [6.07, 6.45) is 4.44. The number of amides is 1. The Kier molecular flexibility index (Phi) is 7.00. The second-order valence-corrected chi connectivity index (χ2v) is 9.46. The number of carbonyl (C=O) groups is 1. The van der Waals surface area contributed by atoms with E-state index in [0.29, 0.717) is 35.5 Å². The van der Waals surface area contributed by atoms with E-state index in [1.165, 1.54) is 6.08 Å². The highest BCUT2D eigenvalue weighted by Crippen LogP contribution is 2.30. The SMILES string of the molecule is CN1CC[C@@H](COC2=CC3=NC(CSC4CCOCC4)=NC(=O)C3C(F)=C2)[C@H](F)C1. The van der Waals surface area contributed by atoms with Crippen molar-refractivity contribution in [2.75, 3.05) is 45.7 Å². The van der Waals surface area contributed by atoms with Crippen molar-refractivity contribution >= 4 is 29.2 Å². The van der Waals surface area contributed by atoms with E-state index in [1.54, 1.807) is 17.8 Å². The summed E-state index contributed by atoms with van der Waals surface area (Å²) < 4.78 is 39.9. The fourth-order valence-corrected chi connectivity index (χ4v) is 5.06. The van der Waals surface area contributed by atoms with E-state index in [0.717, 1.165) is 32.6 Å². The minimum atomic E-state index is -1.09. The molecule has 0 aromatic heterocycles. The Morgan fingerprint density at radius 1 is 1.27 bits per heavy atom. The molecule has 3 aliphatic heterocycles. The van der Waals surface area contributed by atoms with Crippen LogP contribution in [0.3, 0.4) is 0 Å². The number of likely N-dealkylation sites (tertiary alicyclic amines) is 1. The third-order valence-corrected chi connectivity index (χ3v) is 7.21. The van der Waals surface area contributed by atoms with Crippen molar-refractivity contribution in [3.8, 4) is 0 Å². The summed E-state index contributed by atoms with van der Waals surface area (Å²) in [5, 5.41) is 0.454. The van der Waals surface area contributed by atoms with E-state index in [4.69, 9.17) is 9.47 Å². The van der Waals surface area contributed by atoms with Gasteiger partial charge in [0.2, 0.25) is 0 Å². The first-order chi connectivity index (χ1) is 14.5. The van der Waals surface area contributed by atoms with Gasteiger partial charge in [-0.2, -0.15) is 16.8 Å². The van der Waals surface area contributed by atoms with Gasteiger partial charge in [-0.1, -0.05) is 0 Å². The van der Waals surface area contributed by atoms with Crippen LogP contribution < -0.4 is 0 Å². The van der Waals surface area contributed by atoms with Crippen molar-refractivity contribution in [2.45, 2.75) is 30.7 Å². The molecule has 1 aliphatic carbocycles. The van der Waals surface area contributed by atoms with Crippen LogP contribution in [0.4, 0.5) is 8.78 Å². The molecule has 4 aliphatic rings. The number of ether oxygens (including phenoxy) is 2. The Morgan fingerprint density at radius 3 is 2.83 bits per heavy atom. The molecule has 0 saturated carbocycles. The van der Waals surface area contributed by atoms with E-state index in [-0.39, 0.29) is 18.3 Å². The molecule has 1 amide bonds. The van der Waals surface area contributed by atoms with Gasteiger partial charge in [0.15, 0.2) is 0 Å². The third-order valence-electron chi connectivity index (χ3n) is 5.85. The molecule has 2 fully saturated rings. The average molecular weight is 440 g/mol. The molecule has 3 atom stereocenters. The molecule has 9 heteroatoms. The van der Waals surface area contributed by atoms with Gasteiger partial charge < -0.3 is 14.4 Å². The number of allylic oxidation sites excluding steroid dienone is 2. The van der Waals surface area contributed by atoms with E-state index < -0.39 is 23.8 Å². The van der Waals surface area contributed by atoms with Crippen LogP contribution in [0.25, 0.3) is 0 Å². The minimum Gasteiger partial charge on any atom is -0.493 e. The lowest BCUT2D eigenvalue weighted by Gasteiger charge is -2.32. The molecule has 0 N–H and O–H groups in total. The van der Waals surface area contributed by atoms with Crippen LogP contribution in [0.5, 0.6) is 0 Å². The van der Waals surface area contributed by atoms with E-state index in [2.05, 4.69) is 9.98 Å². The molecule has 4 rings (SSSR count). The summed E-state index contributed by atoms with van der Waals surface area (Å²) in [5.41, 5.74) is 0.313. The van der Waals surface area contributed by atoms with Crippen molar-refractivity contribution in [1.82, 2.24) is 4.90 Å². The molecule has 6 nitrogen and oxygen atoms in total. The number of alkyl halides is 1. The van der Waals surface area contributed by atoms with Gasteiger partial charge in [0.25, 0.3) is 5.91 Å². The fourth-order valence-electron chi connectivity index (χ4n) is 4.02. The first kappa shape index (κ1) is 21.6. The second-order valence-electron chi connectivity index (χ2n) is 8.17. The van der Waals surface area contributed by atoms with Crippen LogP contribution in [-0.4, -0.2) is 79.5 Å². The van der Waals surface area contributed by atoms with Gasteiger partial charge in [-0.05, 0) is 32.9 Å². The Balaban J connectivity index is 1.39. The average Bonchev–Trinajstić information content (AvgIpc) is 2.72. The monoisotopic (exact) mass is 439 g/mol. The standard InChI is InChI=1S/C21H27F2N3O3S/c1-26-5-2-13(17(23)10-26)11-29-14-8-16(22)20-18(9-14)24-19(25-21(20)27)12-30-15-3-6-28-7-4-15/h8-9,13,15,17,20H,2-7,10-12H2,1H3/t13-,17+,20?/m0/s1. The van der Waals surface area contributed by atoms with Gasteiger partial charge in [-0.3, -0.25) is 4.79 Å². The number of amidine groups is 1. The van der Waals surface area contributed by atoms with Gasteiger partial charge in [0, 0.05) is 43.1 Å². The zero-order valence-corrected chi connectivity index (χ0v) is 17.9. The maximum Gasteiger partial charge on any atom is 0.263 e. The van der Waals surface area contributed by atoms with Gasteiger partial charge in [0.1, 0.15) is 29.5 Å². The maximum atomic E-state index is 14.6. The quantitative estimate of drug-likeness (QED) is 0.637. The van der Waals surface area contributed by atoms with Gasteiger partial charge >= 0.3 is 0 Å². The fraction of sp³-hybridized carbons (Fsp3) is 0.667. The van der Waals surface area contributed by atoms with Crippen molar-refractivity contribution in [3.05, 3.63) is 23.7 Å². The number of thioether (sulfide) groups is 1. The molecule has 164 valence electrons. The number of halogens is 2. The molecule has 0 bridgehead atoms. The van der Waals surface area contributed by atoms with E-state index >= 15 is 0 Å². The molecule has 0 aromatic rings. The highest BCUT2D eigenvalue weighted by atomic mass is 32.2. The van der Waals surface area contributed by atoms with Crippen LogP contribution >= 0.6 is 11.8 Å². The summed E-state index contributed by atoms with van der Waals surface area (Å²) in [5.74, 6) is -1.29. The molecule has 0 aromatic carbocycles. The number of rotatable bonds is 6. The summed E-state index contributed by atoms with van der Waals surface area (Å²) in [6.45, 7) is 2.86. The topological polar surface area (TPSA) is 63.5 Å². The Hall–Kier alpha value is -1.58. The van der Waals surface area contributed by atoms with Crippen LogP contribution in [-0.2, 0) is 14.3 Å². The van der Waals surface area contributed by atoms with Crippen LogP contribution in [0, 0.1) is 11.8 Å². The van der Waals surface area contributed by atoms with Gasteiger partial charge in [-0.25, -0.2) is 13.8 Å². The highest BCUT2D eigenvalue weighted by molar-refractivity contribution is 8.00. The van der Waals surface area contributed by atoms with Crippen molar-refractivity contribution < 1.29 is 23.0 Å². The van der Waals surface area contributed by atoms with E-state index in [1.807, 2.05) is 11.9 Å². The first-order valence-corrected chi connectivity index (χ1v) is 11.5. The zero-order valence-electron chi connectivity index (χ0n) is 17.1. The van der Waals surface area contributed by atoms with Crippen molar-refractivity contribution in [2.24, 2.45) is 21.8 Å². The van der Waals surface area contributed by atoms with E-state index in [9.17, 15) is 13.6 Å². The number of carbonyl (C=O) groups excluding carboxylic acids is 1. The van der Waals surface area contributed by atoms with Gasteiger partial charge in [0.05, 0.1) is 18.1 Å². The molecule has 1 unspecified atom stereocenters. The molecular formula is C21H27F2N3O3S. The normalized spacial score (nSPS) is 30.8. The number of nitrogens with zero attached hydrogens (tertiary/aromatic N) is 3. The van der Waals surface area contributed by atoms with Crippen molar-refractivity contribution in [1.29, 1.82) is 0 Å². The summed E-state index contributed by atoms with van der Waals surface area (Å²) in [4.78, 5) is 22.8. The summed E-state index contributed by atoms with van der Waals surface area (Å²) >= 11 is 1.70. The predicted molar refractivity (Wildman–Crippen MR) is 113 cm³/mol. The molecular weight excluding hydrogens is 412 g/mol. The largest absolute Gasteiger partial charge is 0.493 e. The maximum absolute atomic E-state index is 14.6. The Labute approximate surface area is 179 Å². The van der Waals surface area contributed by atoms with Crippen molar-refractivity contribution in [3.63, 3.8) is 0 Å². The van der Waals surface area contributed by atoms with Crippen LogP contribution in [0.1, 0.15) is 19.3 Å². The lowest BCUT2D eigenvalue weighted by Crippen LogP contribution is -2.41. The summed E-state index contributed by atoms with van der Waals surface area (Å²) in [6, 6.07) is 0. The van der Waals surface area contributed by atoms with Crippen LogP contribution in [0.2, 0.25) is 0 Å². The molecule has 0 spiro atoms. The molecule has 3 heterocycles. The number of fused-ring (bicyclic) bond motifs is 1. The Bertz CT molecular complexity index is 792. The predicted octanol–water partition coefficient (Wildman–Crippen LogP) is 2.95. The lowest BCUT2D eigenvalue weighted by atomic mass is 9.94. The second kappa shape index (κ2) is 9.70. The van der Waals surface area contributed by atoms with Crippen LogP contribution in [0.15, 0.2) is 33.7 Å². The number of hydrogen-bond acceptors (Lipinski definition) is 6. The number of aliphatic imine (C=N–C) groups is 2. The third kappa shape index (κ3) is 5.18. The molecule has 30 heavy (non-hydrogen) atoms. The number of hydrogen-bond donors (Lipinski definition) is 0. The molecule has 2 saturated heterocycles. The smallest absolute Gasteiger partial charge is 0.263 e. The first-order valence-electron chi connectivity index (χ1n) is 10.4. The summed E-state index contributed by atoms with van der Waals surface area (Å²) in [7, 11) is 1.89. The highest BCUT2D eigenvalue weighted by Gasteiger charge is 2.35. The lowest BCUT2D eigenvalue weighted by molar-refractivity contribution is -0.119. The van der Waals surface area contributed by atoms with Gasteiger partial charge in [-0.15, -0.1) is 0 Å². The number of piperidine rings is 1. The zero-order chi connectivity index (χ0) is 21.1. The minimum absolute atomic E-state index is 0.178.